The Balaban J connectivity index is 1.38. The first kappa shape index (κ1) is 18.4. The van der Waals surface area contributed by atoms with Crippen molar-refractivity contribution < 1.29 is 14.1 Å². The number of carbonyl (C=O) groups excluding carboxylic acids is 1. The van der Waals surface area contributed by atoms with Gasteiger partial charge in [-0.25, -0.2) is 0 Å². The number of nitrogens with zero attached hydrogens (tertiary/aromatic N) is 3. The summed E-state index contributed by atoms with van der Waals surface area (Å²) < 4.78 is 10.8. The molecule has 1 aromatic heterocycles. The van der Waals surface area contributed by atoms with Gasteiger partial charge in [-0.15, -0.1) is 0 Å². The van der Waals surface area contributed by atoms with Gasteiger partial charge < -0.3 is 9.26 Å². The molecule has 1 atom stereocenters. The summed E-state index contributed by atoms with van der Waals surface area (Å²) in [7, 11) is 0. The molecule has 1 unspecified atom stereocenters. The van der Waals surface area contributed by atoms with Gasteiger partial charge in [-0.05, 0) is 26.0 Å². The molecule has 1 fully saturated rings. The first-order valence-corrected chi connectivity index (χ1v) is 9.00. The maximum atomic E-state index is 12.4. The van der Waals surface area contributed by atoms with E-state index in [9.17, 15) is 4.79 Å². The first-order valence-electron chi connectivity index (χ1n) is 9.00. The predicted molar refractivity (Wildman–Crippen MR) is 99.3 cm³/mol. The molecule has 26 heavy (non-hydrogen) atoms. The van der Waals surface area contributed by atoms with Gasteiger partial charge >= 0.3 is 0 Å². The molecule has 1 N–H and O–H groups in total. The average Bonchev–Trinajstić information content (AvgIpc) is 3.07. The molecule has 1 amide bonds. The molecule has 0 aliphatic carbocycles. The summed E-state index contributed by atoms with van der Waals surface area (Å²) in [5.74, 6) is 1.23. The molecular weight excluding hydrogens is 332 g/mol. The van der Waals surface area contributed by atoms with Crippen LogP contribution in [0.4, 0.5) is 5.88 Å². The van der Waals surface area contributed by atoms with E-state index >= 15 is 0 Å². The van der Waals surface area contributed by atoms with Crippen molar-refractivity contribution in [3.63, 3.8) is 0 Å². The second-order valence-corrected chi connectivity index (χ2v) is 6.54. The molecule has 1 saturated heterocycles. The van der Waals surface area contributed by atoms with E-state index in [0.29, 0.717) is 12.5 Å². The number of amides is 1. The largest absolute Gasteiger partial charge is 0.492 e. The van der Waals surface area contributed by atoms with Crippen LogP contribution in [-0.2, 0) is 4.79 Å². The SMILES string of the molecule is Cc1cc(NC(=O)C(C)N2CCN(CCOc3ccccc3)CC2)on1. The van der Waals surface area contributed by atoms with Crippen LogP contribution in [0.2, 0.25) is 0 Å². The molecule has 3 rings (SSSR count). The number of anilines is 1. The fourth-order valence-corrected chi connectivity index (χ4v) is 3.00. The minimum atomic E-state index is -0.205. The molecular formula is C19H26N4O3. The van der Waals surface area contributed by atoms with Crippen LogP contribution in [0.25, 0.3) is 0 Å². The lowest BCUT2D eigenvalue weighted by Gasteiger charge is -2.37. The van der Waals surface area contributed by atoms with Gasteiger partial charge in [-0.2, -0.15) is 0 Å². The molecule has 2 aromatic rings. The number of benzene rings is 1. The fraction of sp³-hybridized carbons (Fsp3) is 0.474. The lowest BCUT2D eigenvalue weighted by molar-refractivity contribution is -0.121. The third kappa shape index (κ3) is 5.06. The summed E-state index contributed by atoms with van der Waals surface area (Å²) >= 11 is 0. The van der Waals surface area contributed by atoms with Gasteiger partial charge in [0.2, 0.25) is 11.8 Å². The average molecular weight is 358 g/mol. The van der Waals surface area contributed by atoms with Crippen molar-refractivity contribution in [1.29, 1.82) is 0 Å². The minimum absolute atomic E-state index is 0.0676. The maximum absolute atomic E-state index is 12.4. The molecule has 1 aliphatic rings. The van der Waals surface area contributed by atoms with Crippen LogP contribution in [0.5, 0.6) is 5.75 Å². The van der Waals surface area contributed by atoms with Crippen molar-refractivity contribution in [3.05, 3.63) is 42.1 Å². The number of rotatable bonds is 7. The molecule has 0 radical (unpaired) electrons. The van der Waals surface area contributed by atoms with E-state index in [1.54, 1.807) is 6.07 Å². The van der Waals surface area contributed by atoms with Crippen LogP contribution in [-0.4, -0.2) is 66.2 Å². The third-order valence-electron chi connectivity index (χ3n) is 4.63. The lowest BCUT2D eigenvalue weighted by Crippen LogP contribution is -2.53. The van der Waals surface area contributed by atoms with Crippen LogP contribution >= 0.6 is 0 Å². The van der Waals surface area contributed by atoms with Gasteiger partial charge in [0.1, 0.15) is 12.4 Å². The molecule has 1 aliphatic heterocycles. The van der Waals surface area contributed by atoms with Crippen molar-refractivity contribution in [2.75, 3.05) is 44.6 Å². The standard InChI is InChI=1S/C19H26N4O3/c1-15-14-18(26-21-15)20-19(24)16(2)23-10-8-22(9-11-23)12-13-25-17-6-4-3-5-7-17/h3-7,14,16H,8-13H2,1-2H3,(H,20,24). The predicted octanol–water partition coefficient (Wildman–Crippen LogP) is 2.01. The Bertz CT molecular complexity index is 696. The Hall–Kier alpha value is -2.38. The summed E-state index contributed by atoms with van der Waals surface area (Å²) in [5, 5.41) is 6.56. The fourth-order valence-electron chi connectivity index (χ4n) is 3.00. The monoisotopic (exact) mass is 358 g/mol. The molecule has 7 nitrogen and oxygen atoms in total. The number of hydrogen-bond acceptors (Lipinski definition) is 6. The number of piperazine rings is 1. The van der Waals surface area contributed by atoms with Gasteiger partial charge in [-0.3, -0.25) is 19.9 Å². The van der Waals surface area contributed by atoms with Crippen LogP contribution in [0.1, 0.15) is 12.6 Å². The van der Waals surface area contributed by atoms with Gasteiger partial charge in [0.05, 0.1) is 11.7 Å². The number of aryl methyl sites for hydroxylation is 1. The van der Waals surface area contributed by atoms with Crippen molar-refractivity contribution in [3.8, 4) is 5.75 Å². The van der Waals surface area contributed by atoms with Gasteiger partial charge in [-0.1, -0.05) is 23.4 Å². The molecule has 2 heterocycles. The van der Waals surface area contributed by atoms with E-state index in [0.717, 1.165) is 44.2 Å². The number of aromatic nitrogens is 1. The van der Waals surface area contributed by atoms with Gasteiger partial charge in [0.25, 0.3) is 0 Å². The molecule has 0 bridgehead atoms. The van der Waals surface area contributed by atoms with Crippen LogP contribution < -0.4 is 10.1 Å². The number of ether oxygens (including phenoxy) is 1. The smallest absolute Gasteiger partial charge is 0.243 e. The van der Waals surface area contributed by atoms with Gasteiger partial charge in [0.15, 0.2) is 0 Å². The second-order valence-electron chi connectivity index (χ2n) is 6.54. The summed E-state index contributed by atoms with van der Waals surface area (Å²) in [6, 6.07) is 11.4. The van der Waals surface area contributed by atoms with E-state index in [4.69, 9.17) is 9.26 Å². The number of hydrogen-bond donors (Lipinski definition) is 1. The van der Waals surface area contributed by atoms with Gasteiger partial charge in [0, 0.05) is 38.8 Å². The highest BCUT2D eigenvalue weighted by atomic mass is 16.5. The van der Waals surface area contributed by atoms with E-state index in [1.165, 1.54) is 0 Å². The minimum Gasteiger partial charge on any atom is -0.492 e. The van der Waals surface area contributed by atoms with Crippen molar-refractivity contribution in [1.82, 2.24) is 15.0 Å². The van der Waals surface area contributed by atoms with Crippen molar-refractivity contribution in [2.24, 2.45) is 0 Å². The van der Waals surface area contributed by atoms with Crippen LogP contribution in [0, 0.1) is 6.92 Å². The number of carbonyl (C=O) groups is 1. The molecule has 1 aromatic carbocycles. The molecule has 0 spiro atoms. The second kappa shape index (κ2) is 8.82. The Labute approximate surface area is 153 Å². The summed E-state index contributed by atoms with van der Waals surface area (Å²) in [6.07, 6.45) is 0. The zero-order valence-electron chi connectivity index (χ0n) is 15.4. The maximum Gasteiger partial charge on any atom is 0.243 e. The van der Waals surface area contributed by atoms with E-state index in [2.05, 4.69) is 20.3 Å². The number of nitrogens with one attached hydrogen (secondary N) is 1. The third-order valence-corrected chi connectivity index (χ3v) is 4.63. The Kier molecular flexibility index (Phi) is 6.25. The molecule has 140 valence electrons. The quantitative estimate of drug-likeness (QED) is 0.816. The topological polar surface area (TPSA) is 70.8 Å². The Morgan fingerprint density at radius 1 is 1.27 bits per heavy atom. The molecule has 7 heteroatoms. The van der Waals surface area contributed by atoms with E-state index in [1.807, 2.05) is 44.2 Å². The zero-order chi connectivity index (χ0) is 18.4. The summed E-state index contributed by atoms with van der Waals surface area (Å²) in [5.41, 5.74) is 0.749. The summed E-state index contributed by atoms with van der Waals surface area (Å²) in [4.78, 5) is 16.9. The van der Waals surface area contributed by atoms with Crippen molar-refractivity contribution in [2.45, 2.75) is 19.9 Å². The van der Waals surface area contributed by atoms with Crippen LogP contribution in [0.15, 0.2) is 40.9 Å². The summed E-state index contributed by atoms with van der Waals surface area (Å²) in [6.45, 7) is 8.88. The Morgan fingerprint density at radius 2 is 2.00 bits per heavy atom. The zero-order valence-corrected chi connectivity index (χ0v) is 15.4. The van der Waals surface area contributed by atoms with Crippen LogP contribution in [0.3, 0.4) is 0 Å². The molecule has 0 saturated carbocycles. The highest BCUT2D eigenvalue weighted by Crippen LogP contribution is 2.12. The van der Waals surface area contributed by atoms with E-state index in [-0.39, 0.29) is 11.9 Å². The highest BCUT2D eigenvalue weighted by Gasteiger charge is 2.26. The highest BCUT2D eigenvalue weighted by molar-refractivity contribution is 5.93. The Morgan fingerprint density at radius 3 is 2.65 bits per heavy atom. The number of para-hydroxylation sites is 1. The first-order chi connectivity index (χ1) is 12.6. The normalized spacial score (nSPS) is 17.0. The van der Waals surface area contributed by atoms with Crippen molar-refractivity contribution >= 4 is 11.8 Å². The lowest BCUT2D eigenvalue weighted by atomic mass is 10.2. The van der Waals surface area contributed by atoms with E-state index < -0.39 is 0 Å².